The van der Waals surface area contributed by atoms with Gasteiger partial charge >= 0.3 is 0 Å². The van der Waals surface area contributed by atoms with Crippen LogP contribution in [0.15, 0.2) is 24.3 Å². The van der Waals surface area contributed by atoms with Crippen molar-refractivity contribution in [3.8, 4) is 0 Å². The quantitative estimate of drug-likeness (QED) is 0.692. The van der Waals surface area contributed by atoms with Gasteiger partial charge in [-0.05, 0) is 18.1 Å². The Bertz CT molecular complexity index is 233. The largest absolute Gasteiger partial charge is 0.326 e. The molecule has 0 aliphatic heterocycles. The standard InChI is InChI=1S/C9H12FN/c1-7(10)9-4-2-3-8(5-9)6-11/h2-5,7H,6,11H2,1H3/t7-/m1/s1. The van der Waals surface area contributed by atoms with Gasteiger partial charge < -0.3 is 5.73 Å². The van der Waals surface area contributed by atoms with E-state index in [1.807, 2.05) is 12.1 Å². The van der Waals surface area contributed by atoms with E-state index in [1.165, 1.54) is 6.92 Å². The van der Waals surface area contributed by atoms with Crippen molar-refractivity contribution < 1.29 is 4.39 Å². The van der Waals surface area contributed by atoms with Crippen LogP contribution in [-0.2, 0) is 6.54 Å². The van der Waals surface area contributed by atoms with E-state index in [0.29, 0.717) is 12.1 Å². The van der Waals surface area contributed by atoms with Crippen molar-refractivity contribution in [1.29, 1.82) is 0 Å². The van der Waals surface area contributed by atoms with Gasteiger partial charge in [-0.15, -0.1) is 0 Å². The van der Waals surface area contributed by atoms with Gasteiger partial charge in [0.25, 0.3) is 0 Å². The Kier molecular flexibility index (Phi) is 2.60. The molecule has 11 heavy (non-hydrogen) atoms. The molecule has 0 spiro atoms. The highest BCUT2D eigenvalue weighted by Crippen LogP contribution is 2.16. The summed E-state index contributed by atoms with van der Waals surface area (Å²) in [5.41, 5.74) is 7.08. The SMILES string of the molecule is C[C@@H](F)c1cccc(CN)c1. The topological polar surface area (TPSA) is 26.0 Å². The molecule has 0 aliphatic carbocycles. The average Bonchev–Trinajstić information content (AvgIpc) is 2.05. The zero-order valence-corrected chi connectivity index (χ0v) is 6.55. The van der Waals surface area contributed by atoms with Gasteiger partial charge in [-0.2, -0.15) is 0 Å². The molecule has 0 unspecified atom stereocenters. The van der Waals surface area contributed by atoms with Crippen molar-refractivity contribution in [2.45, 2.75) is 19.6 Å². The molecule has 0 bridgehead atoms. The van der Waals surface area contributed by atoms with Crippen LogP contribution in [0, 0.1) is 0 Å². The molecule has 1 rings (SSSR count). The van der Waals surface area contributed by atoms with Crippen molar-refractivity contribution in [3.63, 3.8) is 0 Å². The third-order valence-corrected chi connectivity index (χ3v) is 1.65. The molecule has 0 aromatic heterocycles. The molecule has 1 atom stereocenters. The second kappa shape index (κ2) is 3.49. The molecular formula is C9H12FN. The van der Waals surface area contributed by atoms with Crippen molar-refractivity contribution in [2.75, 3.05) is 0 Å². The normalized spacial score (nSPS) is 13.0. The van der Waals surface area contributed by atoms with Crippen LogP contribution in [0.25, 0.3) is 0 Å². The Morgan fingerprint density at radius 2 is 2.27 bits per heavy atom. The van der Waals surface area contributed by atoms with E-state index in [1.54, 1.807) is 12.1 Å². The fraction of sp³-hybridized carbons (Fsp3) is 0.333. The summed E-state index contributed by atoms with van der Waals surface area (Å²) >= 11 is 0. The van der Waals surface area contributed by atoms with Gasteiger partial charge in [0, 0.05) is 6.54 Å². The van der Waals surface area contributed by atoms with Gasteiger partial charge in [-0.25, -0.2) is 4.39 Å². The van der Waals surface area contributed by atoms with Crippen LogP contribution < -0.4 is 5.73 Å². The van der Waals surface area contributed by atoms with E-state index in [4.69, 9.17) is 5.73 Å². The first-order valence-corrected chi connectivity index (χ1v) is 3.67. The van der Waals surface area contributed by atoms with Crippen molar-refractivity contribution in [2.24, 2.45) is 5.73 Å². The predicted octanol–water partition coefficient (Wildman–Crippen LogP) is 2.18. The summed E-state index contributed by atoms with van der Waals surface area (Å²) in [6.07, 6.45) is -0.901. The molecule has 60 valence electrons. The molecule has 0 aliphatic rings. The molecule has 2 heteroatoms. The lowest BCUT2D eigenvalue weighted by Crippen LogP contribution is -1.97. The van der Waals surface area contributed by atoms with Crippen LogP contribution in [-0.4, -0.2) is 0 Å². The van der Waals surface area contributed by atoms with Crippen LogP contribution in [0.3, 0.4) is 0 Å². The first kappa shape index (κ1) is 8.21. The third-order valence-electron chi connectivity index (χ3n) is 1.65. The maximum Gasteiger partial charge on any atom is 0.122 e. The van der Waals surface area contributed by atoms with Crippen LogP contribution in [0.5, 0.6) is 0 Å². The van der Waals surface area contributed by atoms with E-state index >= 15 is 0 Å². The van der Waals surface area contributed by atoms with Gasteiger partial charge in [0.05, 0.1) is 0 Å². The number of nitrogens with two attached hydrogens (primary N) is 1. The average molecular weight is 153 g/mol. The monoisotopic (exact) mass is 153 g/mol. The highest BCUT2D eigenvalue weighted by atomic mass is 19.1. The lowest BCUT2D eigenvalue weighted by Gasteiger charge is -2.03. The van der Waals surface area contributed by atoms with Crippen molar-refractivity contribution >= 4 is 0 Å². The fourth-order valence-electron chi connectivity index (χ4n) is 0.968. The second-order valence-corrected chi connectivity index (χ2v) is 2.57. The summed E-state index contributed by atoms with van der Waals surface area (Å²) in [6, 6.07) is 7.29. The van der Waals surface area contributed by atoms with Gasteiger partial charge in [-0.3, -0.25) is 0 Å². The number of benzene rings is 1. The summed E-state index contributed by atoms with van der Waals surface area (Å²) in [5.74, 6) is 0. The minimum atomic E-state index is -0.901. The smallest absolute Gasteiger partial charge is 0.122 e. The number of rotatable bonds is 2. The van der Waals surface area contributed by atoms with E-state index in [9.17, 15) is 4.39 Å². The van der Waals surface area contributed by atoms with Crippen LogP contribution >= 0.6 is 0 Å². The zero-order chi connectivity index (χ0) is 8.27. The highest BCUT2D eigenvalue weighted by molar-refractivity contribution is 5.24. The summed E-state index contributed by atoms with van der Waals surface area (Å²) in [5, 5.41) is 0. The van der Waals surface area contributed by atoms with Gasteiger partial charge in [-0.1, -0.05) is 24.3 Å². The molecule has 1 aromatic rings. The van der Waals surface area contributed by atoms with Gasteiger partial charge in [0.1, 0.15) is 6.17 Å². The molecule has 1 aromatic carbocycles. The van der Waals surface area contributed by atoms with Crippen molar-refractivity contribution in [3.05, 3.63) is 35.4 Å². The molecule has 0 saturated heterocycles. The first-order valence-electron chi connectivity index (χ1n) is 3.67. The summed E-state index contributed by atoms with van der Waals surface area (Å²) in [7, 11) is 0. The highest BCUT2D eigenvalue weighted by Gasteiger charge is 2.01. The summed E-state index contributed by atoms with van der Waals surface area (Å²) in [6.45, 7) is 2.00. The Morgan fingerprint density at radius 3 is 2.82 bits per heavy atom. The van der Waals surface area contributed by atoms with Crippen molar-refractivity contribution in [1.82, 2.24) is 0 Å². The van der Waals surface area contributed by atoms with Gasteiger partial charge in [0.15, 0.2) is 0 Å². The second-order valence-electron chi connectivity index (χ2n) is 2.57. The lowest BCUT2D eigenvalue weighted by molar-refractivity contribution is 0.374. The first-order chi connectivity index (χ1) is 5.24. The molecule has 1 nitrogen and oxygen atoms in total. The minimum Gasteiger partial charge on any atom is -0.326 e. The Morgan fingerprint density at radius 1 is 1.55 bits per heavy atom. The number of hydrogen-bond donors (Lipinski definition) is 1. The van der Waals surface area contributed by atoms with E-state index in [-0.39, 0.29) is 0 Å². The summed E-state index contributed by atoms with van der Waals surface area (Å²) < 4.78 is 12.7. The van der Waals surface area contributed by atoms with Crippen LogP contribution in [0.1, 0.15) is 24.2 Å². The minimum absolute atomic E-state index is 0.473. The molecular weight excluding hydrogens is 141 g/mol. The van der Waals surface area contributed by atoms with E-state index in [2.05, 4.69) is 0 Å². The number of halogens is 1. The molecule has 0 radical (unpaired) electrons. The predicted molar refractivity (Wildman–Crippen MR) is 43.9 cm³/mol. The maximum atomic E-state index is 12.7. The lowest BCUT2D eigenvalue weighted by atomic mass is 10.1. The number of hydrogen-bond acceptors (Lipinski definition) is 1. The molecule has 0 fully saturated rings. The van der Waals surface area contributed by atoms with E-state index in [0.717, 1.165) is 5.56 Å². The Labute approximate surface area is 66.0 Å². The molecule has 2 N–H and O–H groups in total. The Hall–Kier alpha value is -0.890. The summed E-state index contributed by atoms with van der Waals surface area (Å²) in [4.78, 5) is 0. The van der Waals surface area contributed by atoms with E-state index < -0.39 is 6.17 Å². The van der Waals surface area contributed by atoms with Crippen LogP contribution in [0.2, 0.25) is 0 Å². The molecule has 0 heterocycles. The zero-order valence-electron chi connectivity index (χ0n) is 6.55. The molecule has 0 saturated carbocycles. The number of alkyl halides is 1. The Balaban J connectivity index is 2.91. The third kappa shape index (κ3) is 2.02. The fourth-order valence-corrected chi connectivity index (χ4v) is 0.968. The van der Waals surface area contributed by atoms with Gasteiger partial charge in [0.2, 0.25) is 0 Å². The maximum absolute atomic E-state index is 12.7. The van der Waals surface area contributed by atoms with Crippen LogP contribution in [0.4, 0.5) is 4.39 Å². The molecule has 0 amide bonds.